The SMILES string of the molecule is COc1cc2c(cn1)NC1(CCNCC1)/C(=N\Cc1cccc(Cl)c1)N2O. The van der Waals surface area contributed by atoms with Crippen molar-refractivity contribution in [2.75, 3.05) is 30.6 Å². The molecule has 0 saturated carbocycles. The highest BCUT2D eigenvalue weighted by molar-refractivity contribution is 6.30. The molecular weight excluding hydrogens is 366 g/mol. The Labute approximate surface area is 163 Å². The first-order chi connectivity index (χ1) is 13.1. The third-order valence-corrected chi connectivity index (χ3v) is 5.29. The highest BCUT2D eigenvalue weighted by Crippen LogP contribution is 2.40. The van der Waals surface area contributed by atoms with Crippen molar-refractivity contribution in [3.8, 4) is 5.88 Å². The van der Waals surface area contributed by atoms with Crippen molar-refractivity contribution in [1.29, 1.82) is 0 Å². The molecule has 1 saturated heterocycles. The van der Waals surface area contributed by atoms with Gasteiger partial charge in [0.1, 0.15) is 11.2 Å². The van der Waals surface area contributed by atoms with Gasteiger partial charge in [0, 0.05) is 11.1 Å². The van der Waals surface area contributed by atoms with Crippen LogP contribution in [0.4, 0.5) is 11.4 Å². The fourth-order valence-electron chi connectivity index (χ4n) is 3.66. The molecule has 2 aliphatic rings. The monoisotopic (exact) mass is 387 g/mol. The van der Waals surface area contributed by atoms with Gasteiger partial charge in [0.2, 0.25) is 5.88 Å². The second-order valence-corrected chi connectivity index (χ2v) is 7.22. The highest BCUT2D eigenvalue weighted by Gasteiger charge is 2.44. The molecule has 1 aromatic carbocycles. The van der Waals surface area contributed by atoms with Gasteiger partial charge in [0.25, 0.3) is 0 Å². The molecule has 8 heteroatoms. The van der Waals surface area contributed by atoms with Crippen molar-refractivity contribution in [2.45, 2.75) is 24.9 Å². The number of hydrogen-bond donors (Lipinski definition) is 3. The number of piperidine rings is 1. The van der Waals surface area contributed by atoms with Crippen molar-refractivity contribution in [3.05, 3.63) is 47.1 Å². The molecule has 7 nitrogen and oxygen atoms in total. The van der Waals surface area contributed by atoms with Gasteiger partial charge >= 0.3 is 0 Å². The van der Waals surface area contributed by atoms with E-state index in [4.69, 9.17) is 21.3 Å². The fraction of sp³-hybridized carbons (Fsp3) is 0.368. The van der Waals surface area contributed by atoms with Crippen molar-refractivity contribution < 1.29 is 9.94 Å². The van der Waals surface area contributed by atoms with E-state index < -0.39 is 5.54 Å². The molecule has 2 aliphatic heterocycles. The number of ether oxygens (including phenoxy) is 1. The summed E-state index contributed by atoms with van der Waals surface area (Å²) in [6.45, 7) is 2.12. The Balaban J connectivity index is 1.74. The van der Waals surface area contributed by atoms with Crippen LogP contribution >= 0.6 is 11.6 Å². The molecule has 0 unspecified atom stereocenters. The summed E-state index contributed by atoms with van der Waals surface area (Å²) < 4.78 is 5.20. The number of fused-ring (bicyclic) bond motifs is 1. The predicted octanol–water partition coefficient (Wildman–Crippen LogP) is 3.09. The normalized spacial score (nSPS) is 19.7. The number of pyridine rings is 1. The zero-order valence-corrected chi connectivity index (χ0v) is 15.8. The summed E-state index contributed by atoms with van der Waals surface area (Å²) >= 11 is 6.09. The number of nitrogens with one attached hydrogen (secondary N) is 2. The number of halogens is 1. The molecule has 1 aromatic heterocycles. The molecule has 27 heavy (non-hydrogen) atoms. The molecule has 142 valence electrons. The Morgan fingerprint density at radius 2 is 2.15 bits per heavy atom. The number of nitrogens with zero attached hydrogens (tertiary/aromatic N) is 3. The number of amidine groups is 1. The number of hydrogen-bond acceptors (Lipinski definition) is 6. The fourth-order valence-corrected chi connectivity index (χ4v) is 3.87. The van der Waals surface area contributed by atoms with Gasteiger partial charge in [-0.25, -0.2) is 10.0 Å². The summed E-state index contributed by atoms with van der Waals surface area (Å²) in [5.74, 6) is 1.04. The molecule has 1 spiro atoms. The lowest BCUT2D eigenvalue weighted by molar-refractivity contribution is 0.287. The molecule has 3 N–H and O–H groups in total. The van der Waals surface area contributed by atoms with E-state index in [1.165, 1.54) is 5.06 Å². The number of aliphatic imine (C=N–C) groups is 1. The van der Waals surface area contributed by atoms with E-state index in [2.05, 4.69) is 15.6 Å². The molecule has 1 fully saturated rings. The number of aromatic nitrogens is 1. The number of rotatable bonds is 3. The van der Waals surface area contributed by atoms with E-state index in [0.717, 1.165) is 37.2 Å². The van der Waals surface area contributed by atoms with Crippen LogP contribution in [0.2, 0.25) is 5.02 Å². The summed E-state index contributed by atoms with van der Waals surface area (Å²) in [6, 6.07) is 9.30. The smallest absolute Gasteiger partial charge is 0.215 e. The number of hydroxylamine groups is 1. The minimum atomic E-state index is -0.443. The first-order valence-electron chi connectivity index (χ1n) is 8.93. The molecule has 4 rings (SSSR count). The largest absolute Gasteiger partial charge is 0.481 e. The van der Waals surface area contributed by atoms with Crippen molar-refractivity contribution in [2.24, 2.45) is 4.99 Å². The molecule has 0 radical (unpaired) electrons. The molecule has 0 bridgehead atoms. The Hall–Kier alpha value is -2.35. The minimum absolute atomic E-state index is 0.432. The first-order valence-corrected chi connectivity index (χ1v) is 9.30. The Morgan fingerprint density at radius 3 is 2.89 bits per heavy atom. The standard InChI is InChI=1S/C19H22ClN5O2/c1-27-17-10-16-15(12-22-17)24-19(5-7-21-8-6-19)18(25(16)26)23-11-13-3-2-4-14(20)9-13/h2-4,9-10,12,21,24,26H,5-8,11H2,1H3/b23-18+. The second-order valence-electron chi connectivity index (χ2n) is 6.78. The zero-order chi connectivity index (χ0) is 18.9. The quantitative estimate of drug-likeness (QED) is 0.750. The topological polar surface area (TPSA) is 82.0 Å². The average Bonchev–Trinajstić information content (AvgIpc) is 2.68. The Kier molecular flexibility index (Phi) is 4.90. The van der Waals surface area contributed by atoms with Gasteiger partial charge in [-0.15, -0.1) is 0 Å². The maximum Gasteiger partial charge on any atom is 0.215 e. The summed E-state index contributed by atoms with van der Waals surface area (Å²) in [6.07, 6.45) is 3.31. The van der Waals surface area contributed by atoms with Crippen molar-refractivity contribution in [3.63, 3.8) is 0 Å². The van der Waals surface area contributed by atoms with E-state index in [0.29, 0.717) is 29.0 Å². The maximum absolute atomic E-state index is 11.0. The number of benzene rings is 1. The van der Waals surface area contributed by atoms with Crippen molar-refractivity contribution in [1.82, 2.24) is 10.3 Å². The lowest BCUT2D eigenvalue weighted by Crippen LogP contribution is -2.61. The van der Waals surface area contributed by atoms with Gasteiger partial charge in [-0.05, 0) is 43.6 Å². The summed E-state index contributed by atoms with van der Waals surface area (Å²) in [5, 5.41) is 19.8. The third-order valence-electron chi connectivity index (χ3n) is 5.05. The Morgan fingerprint density at radius 1 is 1.33 bits per heavy atom. The minimum Gasteiger partial charge on any atom is -0.481 e. The van der Waals surface area contributed by atoms with Crippen LogP contribution in [0.25, 0.3) is 0 Å². The lowest BCUT2D eigenvalue weighted by Gasteiger charge is -2.46. The molecule has 3 heterocycles. The molecular formula is C19H22ClN5O2. The van der Waals surface area contributed by atoms with Crippen molar-refractivity contribution >= 4 is 28.8 Å². The Bertz CT molecular complexity index is 867. The van der Waals surface area contributed by atoms with Gasteiger partial charge in [-0.3, -0.25) is 10.2 Å². The van der Waals surface area contributed by atoms with Crippen LogP contribution in [0, 0.1) is 0 Å². The summed E-state index contributed by atoms with van der Waals surface area (Å²) in [4.78, 5) is 9.05. The summed E-state index contributed by atoms with van der Waals surface area (Å²) in [5.41, 5.74) is 1.89. The second kappa shape index (κ2) is 7.34. The lowest BCUT2D eigenvalue weighted by atomic mass is 9.84. The van der Waals surface area contributed by atoms with E-state index in [9.17, 15) is 5.21 Å². The van der Waals surface area contributed by atoms with Crippen LogP contribution in [0.15, 0.2) is 41.5 Å². The van der Waals surface area contributed by atoms with Crippen LogP contribution in [-0.4, -0.2) is 41.8 Å². The zero-order valence-electron chi connectivity index (χ0n) is 15.1. The van der Waals surface area contributed by atoms with Gasteiger partial charge in [-0.1, -0.05) is 23.7 Å². The third kappa shape index (κ3) is 3.45. The average molecular weight is 388 g/mol. The molecule has 0 atom stereocenters. The van der Waals surface area contributed by atoms with Gasteiger partial charge in [0.15, 0.2) is 5.84 Å². The van der Waals surface area contributed by atoms with Crippen LogP contribution in [-0.2, 0) is 6.54 Å². The van der Waals surface area contributed by atoms with E-state index in [1.807, 2.05) is 24.3 Å². The van der Waals surface area contributed by atoms with E-state index >= 15 is 0 Å². The van der Waals surface area contributed by atoms with Crippen LogP contribution in [0.1, 0.15) is 18.4 Å². The predicted molar refractivity (Wildman–Crippen MR) is 106 cm³/mol. The van der Waals surface area contributed by atoms with Crippen LogP contribution in [0.3, 0.4) is 0 Å². The maximum atomic E-state index is 11.0. The molecule has 0 aliphatic carbocycles. The molecule has 2 aromatic rings. The first kappa shape index (κ1) is 18.0. The van der Waals surface area contributed by atoms with Crippen LogP contribution in [0.5, 0.6) is 5.88 Å². The van der Waals surface area contributed by atoms with E-state index in [1.54, 1.807) is 19.4 Å². The summed E-state index contributed by atoms with van der Waals surface area (Å²) in [7, 11) is 1.55. The van der Waals surface area contributed by atoms with Gasteiger partial charge in [-0.2, -0.15) is 0 Å². The number of methoxy groups -OCH3 is 1. The molecule has 0 amide bonds. The van der Waals surface area contributed by atoms with Gasteiger partial charge in [0.05, 0.1) is 25.5 Å². The van der Waals surface area contributed by atoms with Crippen LogP contribution < -0.4 is 20.4 Å². The van der Waals surface area contributed by atoms with E-state index in [-0.39, 0.29) is 0 Å². The van der Waals surface area contributed by atoms with Gasteiger partial charge < -0.3 is 15.4 Å². The highest BCUT2D eigenvalue weighted by atomic mass is 35.5. The number of anilines is 2.